The van der Waals surface area contributed by atoms with Crippen molar-refractivity contribution < 1.29 is 9.47 Å². The summed E-state index contributed by atoms with van der Waals surface area (Å²) in [6, 6.07) is 16.1. The Bertz CT molecular complexity index is 1450. The summed E-state index contributed by atoms with van der Waals surface area (Å²) in [7, 11) is 0. The number of rotatable bonds is 5. The van der Waals surface area contributed by atoms with E-state index in [4.69, 9.17) is 9.47 Å². The van der Waals surface area contributed by atoms with Gasteiger partial charge in [0.25, 0.3) is 5.56 Å². The van der Waals surface area contributed by atoms with Crippen LogP contribution >= 0.6 is 0 Å². The van der Waals surface area contributed by atoms with Crippen LogP contribution in [0, 0.1) is 6.92 Å². The van der Waals surface area contributed by atoms with Crippen molar-refractivity contribution in [1.82, 2.24) is 15.0 Å². The van der Waals surface area contributed by atoms with E-state index in [0.29, 0.717) is 31.9 Å². The van der Waals surface area contributed by atoms with Gasteiger partial charge in [-0.1, -0.05) is 18.2 Å². The number of para-hydroxylation sites is 1. The zero-order valence-corrected chi connectivity index (χ0v) is 20.0. The molecule has 8 heteroatoms. The Labute approximate surface area is 209 Å². The first-order chi connectivity index (χ1) is 17.6. The van der Waals surface area contributed by atoms with Gasteiger partial charge in [0.05, 0.1) is 30.7 Å². The van der Waals surface area contributed by atoms with Gasteiger partial charge in [0.15, 0.2) is 0 Å². The molecule has 182 valence electrons. The number of nitrogens with zero attached hydrogens (tertiary/aromatic N) is 3. The summed E-state index contributed by atoms with van der Waals surface area (Å²) in [6.07, 6.45) is 5.81. The lowest BCUT2D eigenvalue weighted by atomic mass is 9.95. The van der Waals surface area contributed by atoms with Crippen molar-refractivity contribution in [2.24, 2.45) is 0 Å². The first-order valence-corrected chi connectivity index (χ1v) is 12.1. The minimum atomic E-state index is -0.189. The lowest BCUT2D eigenvalue weighted by Gasteiger charge is -2.35. The summed E-state index contributed by atoms with van der Waals surface area (Å²) in [5.74, 6) is 1.71. The van der Waals surface area contributed by atoms with E-state index in [9.17, 15) is 4.79 Å². The summed E-state index contributed by atoms with van der Waals surface area (Å²) in [4.78, 5) is 25.9. The lowest BCUT2D eigenvalue weighted by molar-refractivity contribution is 0.0383. The molecular weight excluding hydrogens is 454 g/mol. The van der Waals surface area contributed by atoms with Crippen LogP contribution in [0.3, 0.4) is 0 Å². The number of fused-ring (bicyclic) bond motifs is 2. The molecule has 2 aromatic carbocycles. The smallest absolute Gasteiger partial charge is 0.271 e. The molecule has 1 unspecified atom stereocenters. The van der Waals surface area contributed by atoms with Gasteiger partial charge in [-0.3, -0.25) is 14.8 Å². The molecule has 8 nitrogen and oxygen atoms in total. The molecule has 2 aliphatic heterocycles. The Morgan fingerprint density at radius 1 is 1.11 bits per heavy atom. The van der Waals surface area contributed by atoms with Gasteiger partial charge in [-0.25, -0.2) is 0 Å². The average molecular weight is 482 g/mol. The molecule has 0 radical (unpaired) electrons. The highest BCUT2D eigenvalue weighted by Crippen LogP contribution is 2.43. The number of hydrogen-bond acceptors (Lipinski definition) is 7. The Balaban J connectivity index is 1.20. The molecule has 0 spiro atoms. The fourth-order valence-electron chi connectivity index (χ4n) is 4.79. The molecule has 0 bridgehead atoms. The Morgan fingerprint density at radius 3 is 2.92 bits per heavy atom. The molecule has 2 aliphatic rings. The number of H-pyrrole nitrogens is 1. The summed E-state index contributed by atoms with van der Waals surface area (Å²) < 4.78 is 12.6. The molecule has 4 heterocycles. The minimum absolute atomic E-state index is 0.0859. The fourth-order valence-corrected chi connectivity index (χ4v) is 4.79. The van der Waals surface area contributed by atoms with Crippen LogP contribution in [-0.2, 0) is 17.7 Å². The second-order valence-corrected chi connectivity index (χ2v) is 9.13. The molecule has 0 amide bonds. The third-order valence-corrected chi connectivity index (χ3v) is 6.64. The van der Waals surface area contributed by atoms with E-state index in [1.165, 1.54) is 0 Å². The molecule has 0 aliphatic carbocycles. The van der Waals surface area contributed by atoms with E-state index in [0.717, 1.165) is 51.7 Å². The van der Waals surface area contributed by atoms with Crippen molar-refractivity contribution in [3.8, 4) is 11.5 Å². The summed E-state index contributed by atoms with van der Waals surface area (Å²) in [6.45, 7) is 4.33. The monoisotopic (exact) mass is 481 g/mol. The largest absolute Gasteiger partial charge is 0.456 e. The van der Waals surface area contributed by atoms with Crippen LogP contribution in [0.25, 0.3) is 0 Å². The van der Waals surface area contributed by atoms with Gasteiger partial charge < -0.3 is 24.7 Å². The van der Waals surface area contributed by atoms with Crippen molar-refractivity contribution in [2.75, 3.05) is 29.9 Å². The summed E-state index contributed by atoms with van der Waals surface area (Å²) in [5, 5.41) is 3.43. The van der Waals surface area contributed by atoms with Gasteiger partial charge >= 0.3 is 0 Å². The Kier molecular flexibility index (Phi) is 5.87. The molecule has 2 aromatic heterocycles. The van der Waals surface area contributed by atoms with Crippen LogP contribution in [0.4, 0.5) is 11.4 Å². The normalized spacial score (nSPS) is 16.6. The van der Waals surface area contributed by atoms with E-state index in [1.54, 1.807) is 18.6 Å². The maximum absolute atomic E-state index is 12.3. The second kappa shape index (κ2) is 9.47. The number of hydrogen-bond donors (Lipinski definition) is 2. The van der Waals surface area contributed by atoms with Crippen molar-refractivity contribution in [3.63, 3.8) is 0 Å². The number of nitrogens with one attached hydrogen (secondary N) is 2. The molecule has 4 aromatic rings. The van der Waals surface area contributed by atoms with Crippen molar-refractivity contribution in [3.05, 3.63) is 106 Å². The summed E-state index contributed by atoms with van der Waals surface area (Å²) >= 11 is 0. The average Bonchev–Trinajstić information content (AvgIpc) is 2.91. The van der Waals surface area contributed by atoms with Crippen molar-refractivity contribution in [2.45, 2.75) is 26.0 Å². The highest BCUT2D eigenvalue weighted by molar-refractivity contribution is 5.59. The lowest BCUT2D eigenvalue weighted by Crippen LogP contribution is -2.41. The van der Waals surface area contributed by atoms with Crippen molar-refractivity contribution in [1.29, 1.82) is 0 Å². The molecule has 1 fully saturated rings. The maximum Gasteiger partial charge on any atom is 0.271 e. The third kappa shape index (κ3) is 4.43. The van der Waals surface area contributed by atoms with Crippen LogP contribution in [-0.4, -0.2) is 34.6 Å². The topological polar surface area (TPSA) is 92.4 Å². The van der Waals surface area contributed by atoms with Crippen LogP contribution in [0.15, 0.2) is 71.9 Å². The van der Waals surface area contributed by atoms with Crippen LogP contribution in [0.2, 0.25) is 0 Å². The Morgan fingerprint density at radius 2 is 2.06 bits per heavy atom. The van der Waals surface area contributed by atoms with E-state index in [2.05, 4.69) is 49.4 Å². The molecule has 6 rings (SSSR count). The maximum atomic E-state index is 12.3. The molecule has 1 saturated heterocycles. The number of morpholine rings is 1. The zero-order valence-electron chi connectivity index (χ0n) is 20.0. The van der Waals surface area contributed by atoms with Gasteiger partial charge in [0.1, 0.15) is 23.3 Å². The van der Waals surface area contributed by atoms with Gasteiger partial charge in [0, 0.05) is 48.7 Å². The molecule has 2 N–H and O–H groups in total. The summed E-state index contributed by atoms with van der Waals surface area (Å²) in [5.41, 5.74) is 6.65. The number of aromatic nitrogens is 3. The van der Waals surface area contributed by atoms with E-state index < -0.39 is 0 Å². The number of pyridine rings is 1. The fraction of sp³-hybridized carbons (Fsp3) is 0.250. The molecular formula is C28H27N5O3. The zero-order chi connectivity index (χ0) is 24.5. The molecule has 36 heavy (non-hydrogen) atoms. The highest BCUT2D eigenvalue weighted by atomic mass is 16.5. The van der Waals surface area contributed by atoms with Gasteiger partial charge in [0.2, 0.25) is 0 Å². The molecule has 1 atom stereocenters. The van der Waals surface area contributed by atoms with Crippen LogP contribution in [0.1, 0.15) is 34.2 Å². The van der Waals surface area contributed by atoms with E-state index >= 15 is 0 Å². The number of aromatic amines is 1. The quantitative estimate of drug-likeness (QED) is 0.385. The highest BCUT2D eigenvalue weighted by Gasteiger charge is 2.29. The Hall–Kier alpha value is -4.17. The van der Waals surface area contributed by atoms with E-state index in [1.807, 2.05) is 31.2 Å². The predicted octanol–water partition coefficient (Wildman–Crippen LogP) is 4.36. The molecule has 0 saturated carbocycles. The predicted molar refractivity (Wildman–Crippen MR) is 138 cm³/mol. The van der Waals surface area contributed by atoms with Gasteiger partial charge in [-0.2, -0.15) is 0 Å². The first-order valence-electron chi connectivity index (χ1n) is 12.1. The number of aryl methyl sites for hydroxylation is 1. The minimum Gasteiger partial charge on any atom is -0.456 e. The van der Waals surface area contributed by atoms with Crippen LogP contribution in [0.5, 0.6) is 11.5 Å². The van der Waals surface area contributed by atoms with Gasteiger partial charge in [-0.15, -0.1) is 0 Å². The van der Waals surface area contributed by atoms with E-state index in [-0.39, 0.29) is 11.7 Å². The third-order valence-electron chi connectivity index (χ3n) is 6.64. The SMILES string of the molecule is Cc1cnc(CNc2ccc3c(c2)Cc2cccc(C4CN(c5ccc[nH]c5=O)CCO4)c2O3)cn1. The number of ether oxygens (including phenoxy) is 2. The van der Waals surface area contributed by atoms with Crippen LogP contribution < -0.4 is 20.5 Å². The first kappa shape index (κ1) is 22.3. The second-order valence-electron chi connectivity index (χ2n) is 9.13. The number of benzene rings is 2. The number of anilines is 2. The van der Waals surface area contributed by atoms with Crippen molar-refractivity contribution >= 4 is 11.4 Å². The standard InChI is InChI=1S/C28H27N5O3/c1-18-14-31-22(15-30-18)16-32-21-7-8-25-20(13-21)12-19-4-2-5-23(27(19)36-25)26-17-33(10-11-35-26)24-6-3-9-29-28(24)34/h2-9,13-15,26,32H,10-12,16-17H2,1H3,(H,29,34). The van der Waals surface area contributed by atoms with Gasteiger partial charge in [-0.05, 0) is 42.8 Å².